The molecule has 1 rings (SSSR count). The van der Waals surface area contributed by atoms with E-state index < -0.39 is 12.2 Å². The molecule has 0 saturated heterocycles. The van der Waals surface area contributed by atoms with E-state index >= 15 is 0 Å². The van der Waals surface area contributed by atoms with Crippen LogP contribution in [0.1, 0.15) is 44.7 Å². The Hall–Kier alpha value is -1.55. The predicted molar refractivity (Wildman–Crippen MR) is 80.0 cm³/mol. The van der Waals surface area contributed by atoms with Gasteiger partial charge in [0, 0.05) is 6.54 Å². The largest absolute Gasteiger partial charge is 0.481 e. The van der Waals surface area contributed by atoms with E-state index in [0.29, 0.717) is 11.7 Å². The molecule has 0 aliphatic rings. The fourth-order valence-electron chi connectivity index (χ4n) is 2.02. The average Bonchev–Trinajstić information content (AvgIpc) is 2.35. The van der Waals surface area contributed by atoms with Gasteiger partial charge in [-0.3, -0.25) is 4.79 Å². The molecular formula is C16H25NO3. The minimum absolute atomic E-state index is 0.225. The molecule has 0 aromatic heterocycles. The van der Waals surface area contributed by atoms with Gasteiger partial charge >= 0.3 is 0 Å². The Bertz CT molecular complexity index is 455. The van der Waals surface area contributed by atoms with Crippen molar-refractivity contribution in [2.24, 2.45) is 0 Å². The van der Waals surface area contributed by atoms with Gasteiger partial charge in [0.15, 0.2) is 6.10 Å². The van der Waals surface area contributed by atoms with Crippen LogP contribution in [0.4, 0.5) is 0 Å². The summed E-state index contributed by atoms with van der Waals surface area (Å²) < 4.78 is 5.63. The Morgan fingerprint density at radius 3 is 2.45 bits per heavy atom. The van der Waals surface area contributed by atoms with E-state index in [1.807, 2.05) is 25.1 Å². The van der Waals surface area contributed by atoms with E-state index in [-0.39, 0.29) is 12.5 Å². The SMILES string of the molecule is Cc1cc(OC(C)C(=O)NCC(C)O)ccc1C(C)C. The standard InChI is InChI=1S/C16H25NO3/c1-10(2)15-7-6-14(8-11(15)3)20-13(5)16(19)17-9-12(4)18/h6-8,10,12-13,18H,9H2,1-5H3,(H,17,19). The Balaban J connectivity index is 2.64. The van der Waals surface area contributed by atoms with Crippen molar-refractivity contribution in [1.29, 1.82) is 0 Å². The van der Waals surface area contributed by atoms with Crippen molar-refractivity contribution in [3.8, 4) is 5.75 Å². The molecule has 0 heterocycles. The molecule has 0 fully saturated rings. The van der Waals surface area contributed by atoms with Crippen LogP contribution < -0.4 is 10.1 Å². The Morgan fingerprint density at radius 1 is 1.30 bits per heavy atom. The maximum atomic E-state index is 11.8. The molecule has 0 bridgehead atoms. The van der Waals surface area contributed by atoms with Gasteiger partial charge < -0.3 is 15.2 Å². The number of nitrogens with one attached hydrogen (secondary N) is 1. The van der Waals surface area contributed by atoms with Crippen molar-refractivity contribution >= 4 is 5.91 Å². The molecule has 0 aliphatic heterocycles. The number of carbonyl (C=O) groups is 1. The lowest BCUT2D eigenvalue weighted by Gasteiger charge is -2.17. The molecule has 0 spiro atoms. The topological polar surface area (TPSA) is 58.6 Å². The highest BCUT2D eigenvalue weighted by Gasteiger charge is 2.15. The number of benzene rings is 1. The van der Waals surface area contributed by atoms with Gasteiger partial charge in [0.05, 0.1) is 6.10 Å². The highest BCUT2D eigenvalue weighted by molar-refractivity contribution is 5.80. The first-order chi connectivity index (χ1) is 9.31. The van der Waals surface area contributed by atoms with Crippen molar-refractivity contribution in [2.45, 2.75) is 52.7 Å². The van der Waals surface area contributed by atoms with Crippen molar-refractivity contribution in [3.63, 3.8) is 0 Å². The van der Waals surface area contributed by atoms with Crippen LogP contribution in [0.3, 0.4) is 0 Å². The van der Waals surface area contributed by atoms with Gasteiger partial charge in [-0.2, -0.15) is 0 Å². The van der Waals surface area contributed by atoms with Crippen LogP contribution in [0, 0.1) is 6.92 Å². The van der Waals surface area contributed by atoms with Crippen LogP contribution in [-0.2, 0) is 4.79 Å². The summed E-state index contributed by atoms with van der Waals surface area (Å²) in [4.78, 5) is 11.8. The van der Waals surface area contributed by atoms with Crippen LogP contribution in [0.15, 0.2) is 18.2 Å². The lowest BCUT2D eigenvalue weighted by Crippen LogP contribution is -2.39. The summed E-state index contributed by atoms with van der Waals surface area (Å²) >= 11 is 0. The van der Waals surface area contributed by atoms with E-state index in [1.165, 1.54) is 5.56 Å². The molecule has 1 aromatic carbocycles. The molecule has 1 aromatic rings. The van der Waals surface area contributed by atoms with E-state index in [9.17, 15) is 4.79 Å². The first kappa shape index (κ1) is 16.5. The lowest BCUT2D eigenvalue weighted by atomic mass is 9.98. The number of carbonyl (C=O) groups excluding carboxylic acids is 1. The number of amides is 1. The fraction of sp³-hybridized carbons (Fsp3) is 0.562. The molecule has 20 heavy (non-hydrogen) atoms. The quantitative estimate of drug-likeness (QED) is 0.840. The zero-order valence-electron chi connectivity index (χ0n) is 12.9. The molecule has 2 atom stereocenters. The lowest BCUT2D eigenvalue weighted by molar-refractivity contribution is -0.127. The number of hydrogen-bond acceptors (Lipinski definition) is 3. The first-order valence-corrected chi connectivity index (χ1v) is 7.04. The maximum absolute atomic E-state index is 11.8. The number of aliphatic hydroxyl groups is 1. The fourth-order valence-corrected chi connectivity index (χ4v) is 2.02. The number of aliphatic hydroxyl groups excluding tert-OH is 1. The molecule has 112 valence electrons. The summed E-state index contributed by atoms with van der Waals surface area (Å²) in [5.74, 6) is 0.930. The Labute approximate surface area is 121 Å². The normalized spacial score (nSPS) is 13.9. The zero-order valence-corrected chi connectivity index (χ0v) is 12.9. The number of aryl methyl sites for hydroxylation is 1. The van der Waals surface area contributed by atoms with Gasteiger partial charge in [-0.1, -0.05) is 19.9 Å². The summed E-state index contributed by atoms with van der Waals surface area (Å²) in [6.07, 6.45) is -1.14. The molecule has 0 aliphatic carbocycles. The summed E-state index contributed by atoms with van der Waals surface area (Å²) in [6, 6.07) is 5.88. The van der Waals surface area contributed by atoms with E-state index in [4.69, 9.17) is 9.84 Å². The van der Waals surface area contributed by atoms with Crippen molar-refractivity contribution < 1.29 is 14.6 Å². The van der Waals surface area contributed by atoms with E-state index in [0.717, 1.165) is 5.56 Å². The van der Waals surface area contributed by atoms with E-state index in [1.54, 1.807) is 13.8 Å². The molecule has 2 N–H and O–H groups in total. The smallest absolute Gasteiger partial charge is 0.260 e. The second-order valence-corrected chi connectivity index (χ2v) is 5.53. The third-order valence-electron chi connectivity index (χ3n) is 3.12. The minimum atomic E-state index is -0.585. The Kier molecular flexibility index (Phi) is 6.02. The van der Waals surface area contributed by atoms with Gasteiger partial charge in [-0.25, -0.2) is 0 Å². The van der Waals surface area contributed by atoms with Crippen LogP contribution in [0.2, 0.25) is 0 Å². The molecule has 0 saturated carbocycles. The van der Waals surface area contributed by atoms with Gasteiger partial charge in [-0.15, -0.1) is 0 Å². The summed E-state index contributed by atoms with van der Waals surface area (Å²) in [6.45, 7) is 9.89. The summed E-state index contributed by atoms with van der Waals surface area (Å²) in [7, 11) is 0. The number of ether oxygens (including phenoxy) is 1. The third kappa shape index (κ3) is 4.85. The van der Waals surface area contributed by atoms with Crippen LogP contribution in [0.5, 0.6) is 5.75 Å². The maximum Gasteiger partial charge on any atom is 0.260 e. The second kappa shape index (κ2) is 7.29. The number of hydrogen-bond donors (Lipinski definition) is 2. The zero-order chi connectivity index (χ0) is 15.3. The van der Waals surface area contributed by atoms with Crippen molar-refractivity contribution in [1.82, 2.24) is 5.32 Å². The van der Waals surface area contributed by atoms with Crippen molar-refractivity contribution in [3.05, 3.63) is 29.3 Å². The number of rotatable bonds is 6. The van der Waals surface area contributed by atoms with Gasteiger partial charge in [0.1, 0.15) is 5.75 Å². The van der Waals surface area contributed by atoms with Crippen LogP contribution >= 0.6 is 0 Å². The molecule has 4 heteroatoms. The molecular weight excluding hydrogens is 254 g/mol. The summed E-state index contributed by atoms with van der Waals surface area (Å²) in [5, 5.41) is 11.8. The third-order valence-corrected chi connectivity index (χ3v) is 3.12. The average molecular weight is 279 g/mol. The van der Waals surface area contributed by atoms with Gasteiger partial charge in [0.25, 0.3) is 5.91 Å². The molecule has 0 radical (unpaired) electrons. The predicted octanol–water partition coefficient (Wildman–Crippen LogP) is 2.38. The molecule has 1 amide bonds. The highest BCUT2D eigenvalue weighted by atomic mass is 16.5. The van der Waals surface area contributed by atoms with Crippen LogP contribution in [0.25, 0.3) is 0 Å². The minimum Gasteiger partial charge on any atom is -0.481 e. The molecule has 4 nitrogen and oxygen atoms in total. The Morgan fingerprint density at radius 2 is 1.95 bits per heavy atom. The second-order valence-electron chi connectivity index (χ2n) is 5.53. The van der Waals surface area contributed by atoms with Gasteiger partial charge in [-0.05, 0) is 49.9 Å². The summed E-state index contributed by atoms with van der Waals surface area (Å²) in [5.41, 5.74) is 2.44. The monoisotopic (exact) mass is 279 g/mol. The van der Waals surface area contributed by atoms with Gasteiger partial charge in [0.2, 0.25) is 0 Å². The van der Waals surface area contributed by atoms with Crippen LogP contribution in [-0.4, -0.2) is 29.8 Å². The first-order valence-electron chi connectivity index (χ1n) is 7.04. The van der Waals surface area contributed by atoms with Crippen molar-refractivity contribution in [2.75, 3.05) is 6.54 Å². The molecule has 2 unspecified atom stereocenters. The highest BCUT2D eigenvalue weighted by Crippen LogP contribution is 2.24. The van der Waals surface area contributed by atoms with E-state index in [2.05, 4.69) is 19.2 Å².